The number of hydrogen-bond donors (Lipinski definition) is 0. The van der Waals surface area contributed by atoms with Crippen LogP contribution in [0.25, 0.3) is 0 Å². The predicted octanol–water partition coefficient (Wildman–Crippen LogP) is 4.98. The Morgan fingerprint density at radius 1 is 1.11 bits per heavy atom. The Bertz CT molecular complexity index is 748. The number of rotatable bonds is 9. The molecule has 3 atom stereocenters. The van der Waals surface area contributed by atoms with Crippen LogP contribution in [0.4, 0.5) is 0 Å². The Morgan fingerprint density at radius 3 is 2.43 bits per heavy atom. The van der Waals surface area contributed by atoms with Crippen LogP contribution >= 0.6 is 0 Å². The molecule has 0 radical (unpaired) electrons. The van der Waals surface area contributed by atoms with Crippen molar-refractivity contribution < 1.29 is 19.2 Å². The second kappa shape index (κ2) is 10.2. The van der Waals surface area contributed by atoms with Gasteiger partial charge in [-0.2, -0.15) is 0 Å². The van der Waals surface area contributed by atoms with Crippen LogP contribution in [-0.4, -0.2) is 30.6 Å². The number of methoxy groups -OCH3 is 1. The molecule has 0 N–H and O–H groups in total. The number of hydrogen-bond acceptors (Lipinski definition) is 4. The molecule has 150 valence electrons. The van der Waals surface area contributed by atoms with Crippen LogP contribution in [-0.2, 0) is 14.3 Å². The third-order valence-electron chi connectivity index (χ3n) is 5.13. The second-order valence-electron chi connectivity index (χ2n) is 7.05. The molecule has 0 aromatic heterocycles. The molecule has 0 spiro atoms. The summed E-state index contributed by atoms with van der Waals surface area (Å²) in [5.41, 5.74) is 2.80. The molecular weight excluding hydrogens is 354 g/mol. The van der Waals surface area contributed by atoms with Gasteiger partial charge in [-0.15, -0.1) is 0 Å². The monoisotopic (exact) mass is 383 g/mol. The Labute approximate surface area is 167 Å². The normalized spacial score (nSPS) is 20.6. The fourth-order valence-electron chi connectivity index (χ4n) is 3.56. The zero-order valence-corrected chi connectivity index (χ0v) is 16.6. The Kier molecular flexibility index (Phi) is 7.46. The summed E-state index contributed by atoms with van der Waals surface area (Å²) in [6.45, 7) is 2.70. The summed E-state index contributed by atoms with van der Waals surface area (Å²) in [5.74, 6) is -0.0690. The van der Waals surface area contributed by atoms with E-state index in [0.717, 1.165) is 24.0 Å². The summed E-state index contributed by atoms with van der Waals surface area (Å²) >= 11 is 0. The third-order valence-corrected chi connectivity index (χ3v) is 5.13. The maximum atomic E-state index is 12.8. The number of ether oxygens (including phenoxy) is 2. The topological polar surface area (TPSA) is 53.8 Å². The first-order valence-corrected chi connectivity index (χ1v) is 9.97. The largest absolute Gasteiger partial charge is 0.376 e. The van der Waals surface area contributed by atoms with Crippen LogP contribution < -0.4 is 0 Å². The Balaban J connectivity index is 1.85. The van der Waals surface area contributed by atoms with E-state index < -0.39 is 6.29 Å². The van der Waals surface area contributed by atoms with Gasteiger partial charge in [0.25, 0.3) is 0 Å². The third kappa shape index (κ3) is 5.12. The summed E-state index contributed by atoms with van der Waals surface area (Å²) in [6.07, 6.45) is 2.33. The lowest BCUT2D eigenvalue weighted by Crippen LogP contribution is -2.38. The van der Waals surface area contributed by atoms with Crippen molar-refractivity contribution in [3.63, 3.8) is 0 Å². The summed E-state index contributed by atoms with van der Waals surface area (Å²) in [6, 6.07) is 20.0. The van der Waals surface area contributed by atoms with E-state index in [-0.39, 0.29) is 12.0 Å². The fourth-order valence-corrected chi connectivity index (χ4v) is 3.56. The van der Waals surface area contributed by atoms with E-state index in [1.807, 2.05) is 48.5 Å². The minimum absolute atomic E-state index is 0.0690. The molecule has 0 amide bonds. The minimum atomic E-state index is -0.532. The number of unbranched alkanes of at least 4 members (excludes halogenated alkanes) is 1. The molecule has 0 bridgehead atoms. The fraction of sp³-hybridized carbons (Fsp3) is 0.435. The van der Waals surface area contributed by atoms with E-state index in [0.29, 0.717) is 30.1 Å². The van der Waals surface area contributed by atoms with E-state index in [1.54, 1.807) is 7.11 Å². The highest BCUT2D eigenvalue weighted by molar-refractivity contribution is 5.87. The van der Waals surface area contributed by atoms with Crippen LogP contribution in [0, 0.1) is 5.21 Å². The van der Waals surface area contributed by atoms with Gasteiger partial charge in [-0.05, 0) is 17.5 Å². The van der Waals surface area contributed by atoms with E-state index in [4.69, 9.17) is 14.3 Å². The molecule has 1 aliphatic rings. The van der Waals surface area contributed by atoms with Crippen LogP contribution in [0.3, 0.4) is 0 Å². The summed E-state index contributed by atoms with van der Waals surface area (Å²) in [5, 5.41) is 12.8. The van der Waals surface area contributed by atoms with Crippen molar-refractivity contribution >= 4 is 5.71 Å². The average Bonchev–Trinajstić information content (AvgIpc) is 2.74. The summed E-state index contributed by atoms with van der Waals surface area (Å²) < 4.78 is 11.5. The van der Waals surface area contributed by atoms with E-state index in [2.05, 4.69) is 19.1 Å². The smallest absolute Gasteiger partial charge is 0.232 e. The van der Waals surface area contributed by atoms with Crippen molar-refractivity contribution in [1.82, 2.24) is 0 Å². The van der Waals surface area contributed by atoms with E-state index >= 15 is 0 Å². The maximum absolute atomic E-state index is 12.8. The van der Waals surface area contributed by atoms with E-state index in [1.165, 1.54) is 0 Å². The maximum Gasteiger partial charge on any atom is 0.232 e. The van der Waals surface area contributed by atoms with Gasteiger partial charge in [0.2, 0.25) is 5.71 Å². The molecule has 5 heteroatoms. The lowest BCUT2D eigenvalue weighted by molar-refractivity contribution is -0.772. The van der Waals surface area contributed by atoms with E-state index in [9.17, 15) is 5.21 Å². The molecule has 0 aliphatic carbocycles. The zero-order chi connectivity index (χ0) is 19.8. The van der Waals surface area contributed by atoms with Crippen LogP contribution in [0.2, 0.25) is 0 Å². The van der Waals surface area contributed by atoms with Crippen molar-refractivity contribution in [2.75, 3.05) is 13.7 Å². The molecule has 2 aromatic carbocycles. The summed E-state index contributed by atoms with van der Waals surface area (Å²) in [4.78, 5) is 6.20. The highest BCUT2D eigenvalue weighted by atomic mass is 16.9. The molecule has 3 rings (SSSR count). The van der Waals surface area contributed by atoms with Gasteiger partial charge in [0.1, 0.15) is 0 Å². The van der Waals surface area contributed by atoms with Gasteiger partial charge in [-0.25, -0.2) is 0 Å². The van der Waals surface area contributed by atoms with Crippen molar-refractivity contribution in [1.29, 1.82) is 0 Å². The highest BCUT2D eigenvalue weighted by Gasteiger charge is 2.37. The first-order valence-electron chi connectivity index (χ1n) is 9.97. The molecule has 5 nitrogen and oxygen atoms in total. The number of nitrogens with zero attached hydrogens (tertiary/aromatic N) is 1. The van der Waals surface area contributed by atoms with Gasteiger partial charge in [0.05, 0.1) is 18.4 Å². The first kappa shape index (κ1) is 20.4. The van der Waals surface area contributed by atoms with Gasteiger partial charge in [0.15, 0.2) is 6.29 Å². The quantitative estimate of drug-likeness (QED) is 0.453. The first-order chi connectivity index (χ1) is 13.7. The molecule has 2 aromatic rings. The molecule has 1 aliphatic heterocycles. The highest BCUT2D eigenvalue weighted by Crippen LogP contribution is 2.33. The van der Waals surface area contributed by atoms with Crippen molar-refractivity contribution in [3.05, 3.63) is 77.0 Å². The predicted molar refractivity (Wildman–Crippen MR) is 109 cm³/mol. The molecule has 0 fully saturated rings. The minimum Gasteiger partial charge on any atom is -0.376 e. The molecule has 0 saturated heterocycles. The molecule has 28 heavy (non-hydrogen) atoms. The Hall–Kier alpha value is -2.37. The number of benzene rings is 2. The van der Waals surface area contributed by atoms with Gasteiger partial charge in [0, 0.05) is 25.0 Å². The zero-order valence-electron chi connectivity index (χ0n) is 16.6. The molecular formula is C23H29NO4. The van der Waals surface area contributed by atoms with Gasteiger partial charge < -0.3 is 14.3 Å². The SMILES string of the molecule is CCCCO[C@H]1C[C@H](c2ccccc2)C(C[C@H](OC)c2ccccc2)=[N+]([O-])O1. The molecule has 1 heterocycles. The molecule has 0 unspecified atom stereocenters. The van der Waals surface area contributed by atoms with Crippen LogP contribution in [0.15, 0.2) is 60.7 Å². The van der Waals surface area contributed by atoms with Crippen molar-refractivity contribution in [3.8, 4) is 0 Å². The van der Waals surface area contributed by atoms with Crippen molar-refractivity contribution in [2.45, 2.75) is 50.9 Å². The molecule has 0 saturated carbocycles. The summed E-state index contributed by atoms with van der Waals surface area (Å²) in [7, 11) is 1.67. The van der Waals surface area contributed by atoms with Gasteiger partial charge >= 0.3 is 0 Å². The van der Waals surface area contributed by atoms with Crippen LogP contribution in [0.5, 0.6) is 0 Å². The van der Waals surface area contributed by atoms with Crippen LogP contribution in [0.1, 0.15) is 55.8 Å². The van der Waals surface area contributed by atoms with Gasteiger partial charge in [-0.3, -0.25) is 5.21 Å². The lowest BCUT2D eigenvalue weighted by atomic mass is 9.86. The average molecular weight is 383 g/mol. The lowest BCUT2D eigenvalue weighted by Gasteiger charge is -2.31. The van der Waals surface area contributed by atoms with Crippen molar-refractivity contribution in [2.24, 2.45) is 0 Å². The standard InChI is InChI=1S/C23H29NO4/c1-3-4-15-27-23-16-20(18-11-7-5-8-12-18)21(24(25)28-23)17-22(26-2)19-13-9-6-10-14-19/h5-14,20,22-23H,3-4,15-17H2,1-2H3/t20-,22+,23-/m1/s1. The van der Waals surface area contributed by atoms with Gasteiger partial charge in [-0.1, -0.05) is 74.0 Å². The Morgan fingerprint density at radius 2 is 1.79 bits per heavy atom. The second-order valence-corrected chi connectivity index (χ2v) is 7.05.